The minimum atomic E-state index is 0.750. The third kappa shape index (κ3) is 3.15. The van der Waals surface area contributed by atoms with Crippen LogP contribution in [0.15, 0.2) is 4.52 Å². The molecule has 1 atom stereocenters. The number of piperidine rings is 1. The maximum Gasteiger partial charge on any atom is 0.226 e. The largest absolute Gasteiger partial charge is 0.339 e. The summed E-state index contributed by atoms with van der Waals surface area (Å²) in [5, 5.41) is 7.68. The molecule has 2 aliphatic heterocycles. The molecule has 0 spiro atoms. The number of likely N-dealkylation sites (tertiary alicyclic amines) is 1. The van der Waals surface area contributed by atoms with Crippen molar-refractivity contribution in [2.24, 2.45) is 5.92 Å². The van der Waals surface area contributed by atoms with E-state index in [9.17, 15) is 0 Å². The van der Waals surface area contributed by atoms with E-state index in [1.165, 1.54) is 45.3 Å². The molecule has 0 aliphatic carbocycles. The second-order valence-corrected chi connectivity index (χ2v) is 5.77. The minimum absolute atomic E-state index is 0.750. The molecule has 3 heterocycles. The zero-order chi connectivity index (χ0) is 13.1. The topological polar surface area (TPSA) is 54.2 Å². The van der Waals surface area contributed by atoms with Gasteiger partial charge in [0.05, 0.1) is 6.54 Å². The highest BCUT2D eigenvalue weighted by Gasteiger charge is 2.28. The molecule has 1 aromatic heterocycles. The summed E-state index contributed by atoms with van der Waals surface area (Å²) in [6.45, 7) is 6.43. The van der Waals surface area contributed by atoms with Gasteiger partial charge in [-0.2, -0.15) is 4.98 Å². The maximum atomic E-state index is 5.16. The van der Waals surface area contributed by atoms with Crippen LogP contribution in [0.25, 0.3) is 0 Å². The molecular weight excluding hydrogens is 240 g/mol. The van der Waals surface area contributed by atoms with E-state index in [0.717, 1.165) is 36.6 Å². The molecule has 0 bridgehead atoms. The first kappa shape index (κ1) is 13.1. The van der Waals surface area contributed by atoms with E-state index in [-0.39, 0.29) is 0 Å². The van der Waals surface area contributed by atoms with Gasteiger partial charge >= 0.3 is 0 Å². The lowest BCUT2D eigenvalue weighted by Crippen LogP contribution is -2.40. The van der Waals surface area contributed by atoms with Crippen molar-refractivity contribution in [1.29, 1.82) is 0 Å². The Hall–Kier alpha value is -0.940. The Balaban J connectivity index is 1.47. The summed E-state index contributed by atoms with van der Waals surface area (Å²) in [5.41, 5.74) is 0. The Morgan fingerprint density at radius 2 is 2.16 bits per heavy atom. The molecular formula is C14H24N4O. The number of aromatic nitrogens is 2. The van der Waals surface area contributed by atoms with Crippen LogP contribution in [0.5, 0.6) is 0 Å². The van der Waals surface area contributed by atoms with Gasteiger partial charge in [0.25, 0.3) is 0 Å². The molecule has 2 aliphatic rings. The van der Waals surface area contributed by atoms with E-state index in [1.54, 1.807) is 0 Å². The van der Waals surface area contributed by atoms with Crippen molar-refractivity contribution in [1.82, 2.24) is 20.4 Å². The average Bonchev–Trinajstić information content (AvgIpc) is 3.10. The maximum absolute atomic E-state index is 5.16. The molecule has 1 aromatic rings. The van der Waals surface area contributed by atoms with E-state index in [4.69, 9.17) is 4.52 Å². The van der Waals surface area contributed by atoms with Gasteiger partial charge in [-0.05, 0) is 51.2 Å². The molecule has 0 aromatic carbocycles. The van der Waals surface area contributed by atoms with Gasteiger partial charge in [0.2, 0.25) is 5.89 Å². The monoisotopic (exact) mass is 264 g/mol. The normalized spacial score (nSPS) is 26.1. The number of hydrogen-bond donors (Lipinski definition) is 1. The van der Waals surface area contributed by atoms with Crippen molar-refractivity contribution in [2.45, 2.75) is 51.6 Å². The van der Waals surface area contributed by atoms with Crippen molar-refractivity contribution >= 4 is 0 Å². The number of hydrogen-bond acceptors (Lipinski definition) is 5. The Morgan fingerprint density at radius 1 is 1.32 bits per heavy atom. The molecule has 2 fully saturated rings. The van der Waals surface area contributed by atoms with Crippen LogP contribution in [0, 0.1) is 5.92 Å². The van der Waals surface area contributed by atoms with Crippen molar-refractivity contribution in [2.75, 3.05) is 19.6 Å². The summed E-state index contributed by atoms with van der Waals surface area (Å²) in [4.78, 5) is 6.84. The average molecular weight is 264 g/mol. The molecule has 19 heavy (non-hydrogen) atoms. The molecule has 5 nitrogen and oxygen atoms in total. The number of nitrogens with zero attached hydrogens (tertiary/aromatic N) is 3. The first-order valence-electron chi connectivity index (χ1n) is 7.62. The highest BCUT2D eigenvalue weighted by molar-refractivity contribution is 4.89. The Morgan fingerprint density at radius 3 is 2.79 bits per heavy atom. The lowest BCUT2D eigenvalue weighted by molar-refractivity contribution is 0.153. The van der Waals surface area contributed by atoms with Gasteiger partial charge in [-0.15, -0.1) is 0 Å². The third-order valence-corrected chi connectivity index (χ3v) is 4.48. The van der Waals surface area contributed by atoms with Gasteiger partial charge in [0.15, 0.2) is 5.82 Å². The van der Waals surface area contributed by atoms with Crippen LogP contribution < -0.4 is 5.32 Å². The predicted molar refractivity (Wildman–Crippen MR) is 72.7 cm³/mol. The van der Waals surface area contributed by atoms with Crippen LogP contribution in [0.1, 0.15) is 44.3 Å². The Labute approximate surface area is 114 Å². The summed E-state index contributed by atoms with van der Waals surface area (Å²) in [6, 6.07) is 0.777. The molecule has 1 unspecified atom stereocenters. The van der Waals surface area contributed by atoms with E-state index >= 15 is 0 Å². The zero-order valence-electron chi connectivity index (χ0n) is 11.8. The Kier molecular flexibility index (Phi) is 4.13. The van der Waals surface area contributed by atoms with Gasteiger partial charge in [0, 0.05) is 12.5 Å². The number of nitrogens with one attached hydrogen (secondary N) is 1. The second-order valence-electron chi connectivity index (χ2n) is 5.77. The molecule has 0 amide bonds. The summed E-state index contributed by atoms with van der Waals surface area (Å²) in [7, 11) is 0. The summed E-state index contributed by atoms with van der Waals surface area (Å²) in [6.07, 6.45) is 6.15. The fourth-order valence-electron chi connectivity index (χ4n) is 3.33. The molecule has 3 rings (SSSR count). The molecule has 5 heteroatoms. The van der Waals surface area contributed by atoms with Gasteiger partial charge in [0.1, 0.15) is 0 Å². The quantitative estimate of drug-likeness (QED) is 0.895. The van der Waals surface area contributed by atoms with Crippen molar-refractivity contribution in [3.8, 4) is 0 Å². The first-order chi connectivity index (χ1) is 9.35. The second kappa shape index (κ2) is 6.01. The van der Waals surface area contributed by atoms with Gasteiger partial charge in [-0.1, -0.05) is 12.1 Å². The van der Waals surface area contributed by atoms with Crippen LogP contribution in [-0.2, 0) is 13.0 Å². The van der Waals surface area contributed by atoms with E-state index in [2.05, 4.69) is 20.4 Å². The summed E-state index contributed by atoms with van der Waals surface area (Å²) < 4.78 is 5.16. The highest BCUT2D eigenvalue weighted by atomic mass is 16.5. The van der Waals surface area contributed by atoms with Crippen LogP contribution in [0.4, 0.5) is 0 Å². The van der Waals surface area contributed by atoms with Crippen molar-refractivity contribution < 1.29 is 4.52 Å². The summed E-state index contributed by atoms with van der Waals surface area (Å²) in [5.74, 6) is 2.46. The number of rotatable bonds is 4. The van der Waals surface area contributed by atoms with Gasteiger partial charge in [-0.3, -0.25) is 4.90 Å². The number of aryl methyl sites for hydroxylation is 1. The van der Waals surface area contributed by atoms with Crippen LogP contribution in [0.3, 0.4) is 0 Å². The predicted octanol–water partition coefficient (Wildman–Crippen LogP) is 1.60. The molecule has 1 N–H and O–H groups in total. The molecule has 0 radical (unpaired) electrons. The van der Waals surface area contributed by atoms with Crippen molar-refractivity contribution in [3.63, 3.8) is 0 Å². The van der Waals surface area contributed by atoms with Gasteiger partial charge in [-0.25, -0.2) is 0 Å². The Bertz CT molecular complexity index is 392. The fraction of sp³-hybridized carbons (Fsp3) is 0.857. The summed E-state index contributed by atoms with van der Waals surface area (Å²) >= 11 is 0. The van der Waals surface area contributed by atoms with Crippen molar-refractivity contribution in [3.05, 3.63) is 11.7 Å². The third-order valence-electron chi connectivity index (χ3n) is 4.48. The highest BCUT2D eigenvalue weighted by Crippen LogP contribution is 2.26. The van der Waals surface area contributed by atoms with E-state index in [1.807, 2.05) is 6.92 Å². The fourth-order valence-corrected chi connectivity index (χ4v) is 3.33. The lowest BCUT2D eigenvalue weighted by Gasteiger charge is -2.34. The molecule has 0 saturated carbocycles. The van der Waals surface area contributed by atoms with Crippen LogP contribution in [0.2, 0.25) is 0 Å². The SMILES string of the molecule is CCc1nc(CN2CCC(C3CCCN3)CC2)no1. The lowest BCUT2D eigenvalue weighted by atomic mass is 9.88. The molecule has 106 valence electrons. The smallest absolute Gasteiger partial charge is 0.226 e. The first-order valence-corrected chi connectivity index (χ1v) is 7.62. The van der Waals surface area contributed by atoms with Crippen LogP contribution in [-0.4, -0.2) is 40.7 Å². The van der Waals surface area contributed by atoms with E-state index < -0.39 is 0 Å². The van der Waals surface area contributed by atoms with Gasteiger partial charge < -0.3 is 9.84 Å². The minimum Gasteiger partial charge on any atom is -0.339 e. The zero-order valence-corrected chi connectivity index (χ0v) is 11.8. The van der Waals surface area contributed by atoms with E-state index in [0.29, 0.717) is 0 Å². The van der Waals surface area contributed by atoms with Crippen LogP contribution >= 0.6 is 0 Å². The standard InChI is InChI=1S/C14H24N4O/c1-2-14-16-13(17-19-14)10-18-8-5-11(6-9-18)12-4-3-7-15-12/h11-12,15H,2-10H2,1H3. The molecule has 2 saturated heterocycles.